The van der Waals surface area contributed by atoms with Gasteiger partial charge in [0.2, 0.25) is 0 Å². The lowest BCUT2D eigenvalue weighted by Crippen LogP contribution is -2.08. The summed E-state index contributed by atoms with van der Waals surface area (Å²) in [4.78, 5) is 11.9. The second kappa shape index (κ2) is 12.1. The first-order valence-electron chi connectivity index (χ1n) is 17.0. The summed E-state index contributed by atoms with van der Waals surface area (Å²) in [6.07, 6.45) is 5.44. The molecule has 10 rings (SSSR count). The van der Waals surface area contributed by atoms with Crippen molar-refractivity contribution in [1.29, 1.82) is 0 Å². The third-order valence-corrected chi connectivity index (χ3v) is 12.3. The van der Waals surface area contributed by atoms with Gasteiger partial charge in [0.15, 0.2) is 5.82 Å². The molecule has 0 N–H and O–H groups in total. The summed E-state index contributed by atoms with van der Waals surface area (Å²) in [5.74, 6) is 0.804. The molecule has 2 nitrogen and oxygen atoms in total. The topological polar surface area (TPSA) is 25.8 Å². The van der Waals surface area contributed by atoms with Gasteiger partial charge in [0.1, 0.15) is 0 Å². The number of thiophene rings is 1. The lowest BCUT2D eigenvalue weighted by Gasteiger charge is -2.19. The molecule has 0 fully saturated rings. The summed E-state index contributed by atoms with van der Waals surface area (Å²) >= 11 is 3.80. The number of benzene rings is 6. The van der Waals surface area contributed by atoms with E-state index in [2.05, 4.69) is 164 Å². The predicted molar refractivity (Wildman–Crippen MR) is 213 cm³/mol. The summed E-state index contributed by atoms with van der Waals surface area (Å²) in [7, 11) is 0. The predicted octanol–water partition coefficient (Wildman–Crippen LogP) is 12.9. The number of hydrogen-bond donors (Lipinski definition) is 0. The van der Waals surface area contributed by atoms with Gasteiger partial charge in [-0.15, -0.1) is 23.1 Å². The van der Waals surface area contributed by atoms with Crippen molar-refractivity contribution in [3.63, 3.8) is 0 Å². The smallest absolute Gasteiger partial charge is 0.156 e. The van der Waals surface area contributed by atoms with Crippen LogP contribution in [0.1, 0.15) is 17.8 Å². The number of nitrogens with zero attached hydrogens (tertiary/aromatic N) is 2. The minimum absolute atomic E-state index is 0.375. The molecule has 0 bridgehead atoms. The highest BCUT2D eigenvalue weighted by Crippen LogP contribution is 2.50. The second-order valence-electron chi connectivity index (χ2n) is 12.9. The van der Waals surface area contributed by atoms with E-state index in [1.54, 1.807) is 0 Å². The average molecular weight is 675 g/mol. The normalized spacial score (nSPS) is 15.1. The largest absolute Gasteiger partial charge is 0.228 e. The Bertz CT molecular complexity index is 2650. The van der Waals surface area contributed by atoms with Gasteiger partial charge in [-0.05, 0) is 75.7 Å². The Labute approximate surface area is 299 Å². The summed E-state index contributed by atoms with van der Waals surface area (Å²) in [5, 5.41) is 2.97. The van der Waals surface area contributed by atoms with Gasteiger partial charge in [-0.3, -0.25) is 0 Å². The van der Waals surface area contributed by atoms with Crippen LogP contribution in [-0.4, -0.2) is 15.2 Å². The van der Waals surface area contributed by atoms with Crippen molar-refractivity contribution in [2.75, 3.05) is 0 Å². The standard InChI is InChI=1S/C46H30N2S2/c1-2-9-29(10-3-1)30-17-19-31(20-18-30)32-11-8-12-33(25-32)40-28-41(34-21-23-38-36-13-4-6-15-42(36)49-44(38)26-34)48-46(47-40)35-22-24-39-37-14-5-7-16-43(37)50-45(39)27-35/h1-26,28,45H,27H2. The van der Waals surface area contributed by atoms with Crippen LogP contribution in [0.15, 0.2) is 169 Å². The van der Waals surface area contributed by atoms with E-state index >= 15 is 0 Å². The van der Waals surface area contributed by atoms with Crippen LogP contribution < -0.4 is 0 Å². The number of hydrogen-bond acceptors (Lipinski definition) is 4. The molecule has 1 aliphatic carbocycles. The maximum atomic E-state index is 5.29. The van der Waals surface area contributed by atoms with E-state index in [0.29, 0.717) is 5.25 Å². The Hall–Kier alpha value is -5.55. The molecular formula is C46H30N2S2. The lowest BCUT2D eigenvalue weighted by molar-refractivity contribution is 1.04. The molecule has 0 spiro atoms. The molecule has 0 saturated carbocycles. The minimum atomic E-state index is 0.375. The number of fused-ring (bicyclic) bond motifs is 6. The first-order chi connectivity index (χ1) is 24.7. The van der Waals surface area contributed by atoms with Crippen molar-refractivity contribution < 1.29 is 0 Å². The molecule has 0 saturated heterocycles. The maximum absolute atomic E-state index is 5.29. The molecule has 8 aromatic rings. The van der Waals surface area contributed by atoms with E-state index in [4.69, 9.17) is 9.97 Å². The zero-order valence-electron chi connectivity index (χ0n) is 27.1. The van der Waals surface area contributed by atoms with Crippen molar-refractivity contribution >= 4 is 54.4 Å². The summed E-state index contributed by atoms with van der Waals surface area (Å²) in [6, 6.07) is 54.5. The van der Waals surface area contributed by atoms with Crippen LogP contribution in [0, 0.1) is 0 Å². The number of rotatable bonds is 5. The second-order valence-corrected chi connectivity index (χ2v) is 15.2. The van der Waals surface area contributed by atoms with E-state index < -0.39 is 0 Å². The maximum Gasteiger partial charge on any atom is 0.156 e. The molecule has 2 aromatic heterocycles. The number of allylic oxidation sites excluding steroid dienone is 3. The Morgan fingerprint density at radius 3 is 1.98 bits per heavy atom. The molecule has 0 amide bonds. The highest BCUT2D eigenvalue weighted by molar-refractivity contribution is 8.00. The van der Waals surface area contributed by atoms with Gasteiger partial charge in [0.25, 0.3) is 0 Å². The molecule has 50 heavy (non-hydrogen) atoms. The minimum Gasteiger partial charge on any atom is -0.228 e. The van der Waals surface area contributed by atoms with Crippen molar-refractivity contribution in [1.82, 2.24) is 9.97 Å². The van der Waals surface area contributed by atoms with E-state index in [1.807, 2.05) is 23.1 Å². The van der Waals surface area contributed by atoms with Gasteiger partial charge in [-0.25, -0.2) is 9.97 Å². The quantitative estimate of drug-likeness (QED) is 0.182. The molecular weight excluding hydrogens is 645 g/mol. The van der Waals surface area contributed by atoms with Crippen molar-refractivity contribution in [3.8, 4) is 44.8 Å². The fourth-order valence-electron chi connectivity index (χ4n) is 7.29. The summed E-state index contributed by atoms with van der Waals surface area (Å²) in [6.45, 7) is 0. The fraction of sp³-hybridized carbons (Fsp3) is 0.0435. The zero-order chi connectivity index (χ0) is 33.0. The van der Waals surface area contributed by atoms with Crippen molar-refractivity contribution in [3.05, 3.63) is 175 Å². The van der Waals surface area contributed by atoms with Gasteiger partial charge in [-0.1, -0.05) is 133 Å². The summed E-state index contributed by atoms with van der Waals surface area (Å²) < 4.78 is 2.58. The molecule has 3 heterocycles. The molecule has 1 unspecified atom stereocenters. The van der Waals surface area contributed by atoms with Crippen LogP contribution in [0.25, 0.3) is 76.1 Å². The van der Waals surface area contributed by atoms with E-state index in [1.165, 1.54) is 64.0 Å². The van der Waals surface area contributed by atoms with Crippen LogP contribution in [0.3, 0.4) is 0 Å². The Morgan fingerprint density at radius 1 is 0.480 bits per heavy atom. The average Bonchev–Trinajstić information content (AvgIpc) is 3.76. The number of aromatic nitrogens is 2. The summed E-state index contributed by atoms with van der Waals surface area (Å²) in [5.41, 5.74) is 12.8. The molecule has 6 aromatic carbocycles. The van der Waals surface area contributed by atoms with Gasteiger partial charge in [-0.2, -0.15) is 0 Å². The molecule has 0 radical (unpaired) electrons. The molecule has 236 valence electrons. The Balaban J connectivity index is 1.07. The first-order valence-corrected chi connectivity index (χ1v) is 18.7. The molecule has 4 heteroatoms. The van der Waals surface area contributed by atoms with Crippen molar-refractivity contribution in [2.24, 2.45) is 0 Å². The van der Waals surface area contributed by atoms with Crippen LogP contribution >= 0.6 is 23.1 Å². The highest BCUT2D eigenvalue weighted by Gasteiger charge is 2.31. The monoisotopic (exact) mass is 674 g/mol. The van der Waals surface area contributed by atoms with Gasteiger partial charge < -0.3 is 0 Å². The van der Waals surface area contributed by atoms with E-state index in [0.717, 1.165) is 34.8 Å². The van der Waals surface area contributed by atoms with Gasteiger partial charge >= 0.3 is 0 Å². The van der Waals surface area contributed by atoms with Crippen LogP contribution in [0.5, 0.6) is 0 Å². The Kier molecular flexibility index (Phi) is 7.11. The first kappa shape index (κ1) is 29.4. The van der Waals surface area contributed by atoms with Gasteiger partial charge in [0, 0.05) is 41.4 Å². The zero-order valence-corrected chi connectivity index (χ0v) is 28.7. The molecule has 1 atom stereocenters. The third kappa shape index (κ3) is 5.20. The third-order valence-electron chi connectivity index (χ3n) is 9.86. The molecule has 2 aliphatic rings. The van der Waals surface area contributed by atoms with E-state index in [-0.39, 0.29) is 0 Å². The van der Waals surface area contributed by atoms with Crippen molar-refractivity contribution in [2.45, 2.75) is 16.6 Å². The van der Waals surface area contributed by atoms with Gasteiger partial charge in [0.05, 0.1) is 11.4 Å². The lowest BCUT2D eigenvalue weighted by atomic mass is 9.92. The number of thioether (sulfide) groups is 1. The molecule has 1 aliphatic heterocycles. The SMILES string of the molecule is C1=C(c2nc(-c3cccc(-c4ccc(-c5ccccc5)cc4)c3)cc(-c3ccc4c(c3)sc3ccccc34)n2)CC2Sc3ccccc3C2=C1. The van der Waals surface area contributed by atoms with E-state index in [9.17, 15) is 0 Å². The highest BCUT2D eigenvalue weighted by atomic mass is 32.2. The van der Waals surface area contributed by atoms with Crippen LogP contribution in [0.2, 0.25) is 0 Å². The fourth-order valence-corrected chi connectivity index (χ4v) is 9.80. The van der Waals surface area contributed by atoms with Crippen LogP contribution in [0.4, 0.5) is 0 Å². The Morgan fingerprint density at radius 2 is 1.12 bits per heavy atom. The van der Waals surface area contributed by atoms with Crippen LogP contribution in [-0.2, 0) is 0 Å².